The van der Waals surface area contributed by atoms with Crippen LogP contribution < -0.4 is 10.2 Å². The van der Waals surface area contributed by atoms with Crippen LogP contribution >= 0.6 is 0 Å². The van der Waals surface area contributed by atoms with E-state index in [0.29, 0.717) is 12.1 Å². The maximum Gasteiger partial charge on any atom is 0.128 e. The monoisotopic (exact) mass is 289 g/mol. The van der Waals surface area contributed by atoms with Gasteiger partial charge < -0.3 is 10.2 Å². The molecule has 1 saturated heterocycles. The Morgan fingerprint density at radius 1 is 1.24 bits per heavy atom. The molecule has 2 atom stereocenters. The molecule has 0 aromatic carbocycles. The van der Waals surface area contributed by atoms with Crippen LogP contribution in [-0.4, -0.2) is 30.2 Å². The number of aromatic nitrogens is 1. The van der Waals surface area contributed by atoms with Crippen molar-refractivity contribution in [3.05, 3.63) is 24.4 Å². The molecule has 0 saturated carbocycles. The van der Waals surface area contributed by atoms with Gasteiger partial charge in [0, 0.05) is 31.4 Å². The molecule has 118 valence electrons. The number of hydrogen-bond acceptors (Lipinski definition) is 3. The van der Waals surface area contributed by atoms with Gasteiger partial charge in [0.15, 0.2) is 0 Å². The van der Waals surface area contributed by atoms with Crippen LogP contribution in [0.3, 0.4) is 0 Å². The minimum absolute atomic E-state index is 0.680. The van der Waals surface area contributed by atoms with E-state index in [2.05, 4.69) is 48.1 Å². The van der Waals surface area contributed by atoms with Crippen LogP contribution in [-0.2, 0) is 0 Å². The van der Waals surface area contributed by atoms with Gasteiger partial charge in [-0.2, -0.15) is 0 Å². The van der Waals surface area contributed by atoms with Gasteiger partial charge in [-0.3, -0.25) is 0 Å². The molecule has 3 nitrogen and oxygen atoms in total. The summed E-state index contributed by atoms with van der Waals surface area (Å²) >= 11 is 0. The quantitative estimate of drug-likeness (QED) is 0.826. The zero-order chi connectivity index (χ0) is 15.1. The highest BCUT2D eigenvalue weighted by molar-refractivity contribution is 5.38. The smallest absolute Gasteiger partial charge is 0.128 e. The van der Waals surface area contributed by atoms with Gasteiger partial charge in [-0.1, -0.05) is 33.3 Å². The van der Waals surface area contributed by atoms with Gasteiger partial charge in [-0.25, -0.2) is 4.98 Å². The Balaban J connectivity index is 1.78. The maximum atomic E-state index is 4.46. The number of piperidine rings is 1. The molecule has 2 rings (SSSR count). The molecule has 2 unspecified atom stereocenters. The van der Waals surface area contributed by atoms with Crippen LogP contribution in [0, 0.1) is 5.92 Å². The Bertz CT molecular complexity index is 385. The van der Waals surface area contributed by atoms with Crippen molar-refractivity contribution in [1.29, 1.82) is 0 Å². The molecule has 0 aliphatic carbocycles. The van der Waals surface area contributed by atoms with E-state index < -0.39 is 0 Å². The fourth-order valence-corrected chi connectivity index (χ4v) is 3.15. The second-order valence-electron chi connectivity index (χ2n) is 6.47. The van der Waals surface area contributed by atoms with E-state index in [1.807, 2.05) is 12.3 Å². The lowest BCUT2D eigenvalue weighted by Crippen LogP contribution is -2.46. The average molecular weight is 289 g/mol. The summed E-state index contributed by atoms with van der Waals surface area (Å²) in [5.74, 6) is 1.96. The summed E-state index contributed by atoms with van der Waals surface area (Å²) in [6.45, 7) is 9.21. The summed E-state index contributed by atoms with van der Waals surface area (Å²) in [5.41, 5.74) is 0. The lowest BCUT2D eigenvalue weighted by atomic mass is 9.95. The topological polar surface area (TPSA) is 28.2 Å². The van der Waals surface area contributed by atoms with Gasteiger partial charge >= 0.3 is 0 Å². The number of anilines is 1. The molecule has 1 aromatic rings. The van der Waals surface area contributed by atoms with Crippen molar-refractivity contribution >= 4 is 5.82 Å². The molecule has 1 aliphatic rings. The normalized spacial score (nSPS) is 19.5. The molecule has 1 N–H and O–H groups in total. The Labute approximate surface area is 130 Å². The number of rotatable bonds is 7. The van der Waals surface area contributed by atoms with Crippen LogP contribution in [0.4, 0.5) is 5.82 Å². The number of nitrogens with one attached hydrogen (secondary N) is 1. The first-order valence-electron chi connectivity index (χ1n) is 8.64. The SMILES string of the molecule is CCC(C)CC(CC)NC1CCN(c2ccccn2)CC1. The summed E-state index contributed by atoms with van der Waals surface area (Å²) in [4.78, 5) is 6.87. The highest BCUT2D eigenvalue weighted by Gasteiger charge is 2.22. The third-order valence-corrected chi connectivity index (χ3v) is 4.82. The van der Waals surface area contributed by atoms with Crippen molar-refractivity contribution in [2.75, 3.05) is 18.0 Å². The molecule has 0 spiro atoms. The third kappa shape index (κ3) is 4.99. The van der Waals surface area contributed by atoms with Gasteiger partial charge in [-0.05, 0) is 43.7 Å². The highest BCUT2D eigenvalue weighted by atomic mass is 15.2. The van der Waals surface area contributed by atoms with E-state index in [1.165, 1.54) is 32.1 Å². The standard InChI is InChI=1S/C18H31N3/c1-4-15(3)14-16(5-2)20-17-9-12-21(13-10-17)18-8-6-7-11-19-18/h6-8,11,15-17,20H,4-5,9-10,12-14H2,1-3H3. The number of pyridine rings is 1. The molecule has 2 heterocycles. The zero-order valence-electron chi connectivity index (χ0n) is 13.9. The van der Waals surface area contributed by atoms with Crippen LogP contribution in [0.2, 0.25) is 0 Å². The Hall–Kier alpha value is -1.09. The fraction of sp³-hybridized carbons (Fsp3) is 0.722. The first kappa shape index (κ1) is 16.3. The molecule has 1 fully saturated rings. The third-order valence-electron chi connectivity index (χ3n) is 4.82. The molecule has 1 aromatic heterocycles. The molecule has 1 aliphatic heterocycles. The number of hydrogen-bond donors (Lipinski definition) is 1. The summed E-state index contributed by atoms with van der Waals surface area (Å²) in [5, 5.41) is 3.90. The van der Waals surface area contributed by atoms with Crippen molar-refractivity contribution in [3.63, 3.8) is 0 Å². The highest BCUT2D eigenvalue weighted by Crippen LogP contribution is 2.19. The van der Waals surface area contributed by atoms with E-state index in [4.69, 9.17) is 0 Å². The first-order valence-corrected chi connectivity index (χ1v) is 8.64. The van der Waals surface area contributed by atoms with Crippen LogP contribution in [0.5, 0.6) is 0 Å². The van der Waals surface area contributed by atoms with Gasteiger partial charge in [0.1, 0.15) is 5.82 Å². The van der Waals surface area contributed by atoms with Crippen LogP contribution in [0.15, 0.2) is 24.4 Å². The molecular weight excluding hydrogens is 258 g/mol. The molecule has 0 amide bonds. The van der Waals surface area contributed by atoms with Crippen molar-refractivity contribution in [2.24, 2.45) is 5.92 Å². The van der Waals surface area contributed by atoms with E-state index in [9.17, 15) is 0 Å². The first-order chi connectivity index (χ1) is 10.2. The van der Waals surface area contributed by atoms with Gasteiger partial charge in [0.2, 0.25) is 0 Å². The minimum Gasteiger partial charge on any atom is -0.357 e. The largest absolute Gasteiger partial charge is 0.357 e. The minimum atomic E-state index is 0.680. The molecule has 3 heteroatoms. The Morgan fingerprint density at radius 2 is 2.00 bits per heavy atom. The molecular formula is C18H31N3. The van der Waals surface area contributed by atoms with Gasteiger partial charge in [0.05, 0.1) is 0 Å². The lowest BCUT2D eigenvalue weighted by Gasteiger charge is -2.35. The summed E-state index contributed by atoms with van der Waals surface area (Å²) in [7, 11) is 0. The van der Waals surface area contributed by atoms with Crippen molar-refractivity contribution < 1.29 is 0 Å². The van der Waals surface area contributed by atoms with Crippen LogP contribution in [0.25, 0.3) is 0 Å². The molecule has 0 bridgehead atoms. The lowest BCUT2D eigenvalue weighted by molar-refractivity contribution is 0.317. The van der Waals surface area contributed by atoms with E-state index in [-0.39, 0.29) is 0 Å². The van der Waals surface area contributed by atoms with Crippen LogP contribution in [0.1, 0.15) is 52.9 Å². The second kappa shape index (κ2) is 8.38. The maximum absolute atomic E-state index is 4.46. The zero-order valence-corrected chi connectivity index (χ0v) is 13.9. The van der Waals surface area contributed by atoms with Crippen molar-refractivity contribution in [1.82, 2.24) is 10.3 Å². The second-order valence-corrected chi connectivity index (χ2v) is 6.47. The van der Waals surface area contributed by atoms with E-state index in [0.717, 1.165) is 24.8 Å². The van der Waals surface area contributed by atoms with E-state index in [1.54, 1.807) is 0 Å². The van der Waals surface area contributed by atoms with Gasteiger partial charge in [-0.15, -0.1) is 0 Å². The average Bonchev–Trinajstić information content (AvgIpc) is 2.55. The summed E-state index contributed by atoms with van der Waals surface area (Å²) in [6.07, 6.45) is 8.19. The predicted molar refractivity (Wildman–Crippen MR) is 90.8 cm³/mol. The molecule has 0 radical (unpaired) electrons. The summed E-state index contributed by atoms with van der Waals surface area (Å²) < 4.78 is 0. The van der Waals surface area contributed by atoms with Crippen molar-refractivity contribution in [2.45, 2.75) is 65.0 Å². The van der Waals surface area contributed by atoms with E-state index >= 15 is 0 Å². The number of nitrogens with zero attached hydrogens (tertiary/aromatic N) is 2. The Kier molecular flexibility index (Phi) is 6.50. The van der Waals surface area contributed by atoms with Crippen molar-refractivity contribution in [3.8, 4) is 0 Å². The predicted octanol–water partition coefficient (Wildman–Crippen LogP) is 3.85. The summed E-state index contributed by atoms with van der Waals surface area (Å²) in [6, 6.07) is 7.54. The molecule has 21 heavy (non-hydrogen) atoms. The Morgan fingerprint density at radius 3 is 2.57 bits per heavy atom. The fourth-order valence-electron chi connectivity index (χ4n) is 3.15. The van der Waals surface area contributed by atoms with Gasteiger partial charge in [0.25, 0.3) is 0 Å².